The fourth-order valence-corrected chi connectivity index (χ4v) is 4.86. The van der Waals surface area contributed by atoms with Crippen LogP contribution in [0.3, 0.4) is 0 Å². The Balaban J connectivity index is 1.65. The molecule has 2 heterocycles. The highest BCUT2D eigenvalue weighted by Gasteiger charge is 2.36. The third kappa shape index (κ3) is 5.25. The molecule has 1 saturated heterocycles. The van der Waals surface area contributed by atoms with E-state index in [1.54, 1.807) is 0 Å². The van der Waals surface area contributed by atoms with E-state index in [9.17, 15) is 0 Å². The third-order valence-corrected chi connectivity index (χ3v) is 6.34. The molecular weight excluding hydrogens is 338 g/mol. The number of hydrogen-bond donors (Lipinski definition) is 4. The number of hydrogen-bond acceptors (Lipinski definition) is 6. The monoisotopic (exact) mass is 377 g/mol. The lowest BCUT2D eigenvalue weighted by atomic mass is 9.91. The molecule has 4 unspecified atom stereocenters. The first-order valence-corrected chi connectivity index (χ1v) is 10.7. The van der Waals surface area contributed by atoms with Crippen molar-refractivity contribution in [2.75, 3.05) is 33.8 Å². The van der Waals surface area contributed by atoms with Gasteiger partial charge in [0.25, 0.3) is 0 Å². The second-order valence-corrected chi connectivity index (χ2v) is 8.46. The van der Waals surface area contributed by atoms with E-state index in [-0.39, 0.29) is 12.3 Å². The first-order valence-electron chi connectivity index (χ1n) is 10.7. The van der Waals surface area contributed by atoms with Crippen molar-refractivity contribution in [1.29, 1.82) is 0 Å². The molecule has 2 fully saturated rings. The van der Waals surface area contributed by atoms with E-state index >= 15 is 0 Å². The lowest BCUT2D eigenvalue weighted by Gasteiger charge is -2.45. The van der Waals surface area contributed by atoms with Crippen LogP contribution in [0.1, 0.15) is 45.4 Å². The summed E-state index contributed by atoms with van der Waals surface area (Å²) in [5, 5.41) is 10.7. The standard InChI is InChI=1S/C21H39N5O/c1-15-11-17(18(22)13-23-2)21(24-12-15)26-10-9-19(20(14-26)27-3)25-16-7-5-4-6-8-16/h11,13,15-16,19-21,23-25H,4-10,12,14,22H2,1-3H3/b18-13-. The average Bonchev–Trinajstić information content (AvgIpc) is 2.69. The molecule has 0 radical (unpaired) electrons. The molecule has 1 aliphatic carbocycles. The average molecular weight is 378 g/mol. The molecule has 6 heteroatoms. The minimum Gasteiger partial charge on any atom is -0.397 e. The Morgan fingerprint density at radius 2 is 2.07 bits per heavy atom. The Morgan fingerprint density at radius 1 is 1.30 bits per heavy atom. The van der Waals surface area contributed by atoms with Crippen LogP contribution in [-0.2, 0) is 4.74 Å². The molecule has 154 valence electrons. The highest BCUT2D eigenvalue weighted by molar-refractivity contribution is 5.34. The van der Waals surface area contributed by atoms with Crippen molar-refractivity contribution in [3.05, 3.63) is 23.5 Å². The van der Waals surface area contributed by atoms with Gasteiger partial charge in [-0.05, 0) is 25.2 Å². The van der Waals surface area contributed by atoms with Gasteiger partial charge in [0.1, 0.15) is 0 Å². The van der Waals surface area contributed by atoms with Gasteiger partial charge in [-0.25, -0.2) is 0 Å². The smallest absolute Gasteiger partial charge is 0.0879 e. The summed E-state index contributed by atoms with van der Waals surface area (Å²) in [6.07, 6.45) is 12.5. The van der Waals surface area contributed by atoms with Gasteiger partial charge in [0.2, 0.25) is 0 Å². The maximum absolute atomic E-state index is 6.36. The summed E-state index contributed by atoms with van der Waals surface area (Å²) in [5.74, 6) is 0.490. The molecule has 3 aliphatic rings. The molecule has 5 N–H and O–H groups in total. The van der Waals surface area contributed by atoms with Crippen molar-refractivity contribution in [1.82, 2.24) is 20.9 Å². The Kier molecular flexibility index (Phi) is 7.58. The maximum atomic E-state index is 6.36. The van der Waals surface area contributed by atoms with Gasteiger partial charge in [-0.2, -0.15) is 0 Å². The van der Waals surface area contributed by atoms with Crippen LogP contribution in [0.4, 0.5) is 0 Å². The lowest BCUT2D eigenvalue weighted by Crippen LogP contribution is -2.61. The second-order valence-electron chi connectivity index (χ2n) is 8.46. The van der Waals surface area contributed by atoms with E-state index in [0.29, 0.717) is 18.0 Å². The second kappa shape index (κ2) is 9.92. The van der Waals surface area contributed by atoms with Crippen LogP contribution < -0.4 is 21.7 Å². The highest BCUT2D eigenvalue weighted by atomic mass is 16.5. The van der Waals surface area contributed by atoms with Crippen LogP contribution in [0.15, 0.2) is 23.5 Å². The Morgan fingerprint density at radius 3 is 2.78 bits per heavy atom. The van der Waals surface area contributed by atoms with Crippen molar-refractivity contribution in [3.63, 3.8) is 0 Å². The minimum atomic E-state index is 0.166. The van der Waals surface area contributed by atoms with Crippen LogP contribution in [-0.4, -0.2) is 63.0 Å². The van der Waals surface area contributed by atoms with E-state index in [1.807, 2.05) is 20.4 Å². The maximum Gasteiger partial charge on any atom is 0.0879 e. The van der Waals surface area contributed by atoms with E-state index in [1.165, 1.54) is 37.7 Å². The molecule has 0 amide bonds. The predicted molar refractivity (Wildman–Crippen MR) is 111 cm³/mol. The summed E-state index contributed by atoms with van der Waals surface area (Å²) in [7, 11) is 3.75. The molecule has 0 aromatic heterocycles. The van der Waals surface area contributed by atoms with Crippen LogP contribution >= 0.6 is 0 Å². The molecular formula is C21H39N5O. The summed E-state index contributed by atoms with van der Waals surface area (Å²) < 4.78 is 5.92. The number of nitrogens with zero attached hydrogens (tertiary/aromatic N) is 1. The summed E-state index contributed by atoms with van der Waals surface area (Å²) in [6, 6.07) is 1.13. The number of ether oxygens (including phenoxy) is 1. The lowest BCUT2D eigenvalue weighted by molar-refractivity contribution is -0.0132. The quantitative estimate of drug-likeness (QED) is 0.562. The first-order chi connectivity index (χ1) is 13.1. The predicted octanol–water partition coefficient (Wildman–Crippen LogP) is 1.51. The molecule has 27 heavy (non-hydrogen) atoms. The van der Waals surface area contributed by atoms with E-state index in [0.717, 1.165) is 31.8 Å². The number of methoxy groups -OCH3 is 1. The summed E-state index contributed by atoms with van der Waals surface area (Å²) in [6.45, 7) is 5.20. The van der Waals surface area contributed by atoms with Crippen molar-refractivity contribution in [2.24, 2.45) is 11.7 Å². The van der Waals surface area contributed by atoms with Gasteiger partial charge in [0, 0.05) is 57.6 Å². The molecule has 1 saturated carbocycles. The van der Waals surface area contributed by atoms with Crippen molar-refractivity contribution < 1.29 is 4.74 Å². The van der Waals surface area contributed by atoms with Gasteiger partial charge >= 0.3 is 0 Å². The molecule has 4 atom stereocenters. The van der Waals surface area contributed by atoms with Crippen LogP contribution in [0.2, 0.25) is 0 Å². The Hall–Kier alpha value is -1.08. The zero-order valence-corrected chi connectivity index (χ0v) is 17.3. The normalized spacial score (nSPS) is 34.3. The molecule has 3 rings (SSSR count). The topological polar surface area (TPSA) is 74.6 Å². The number of rotatable bonds is 6. The summed E-state index contributed by atoms with van der Waals surface area (Å²) >= 11 is 0. The Bertz CT molecular complexity index is 529. The molecule has 0 bridgehead atoms. The van der Waals surface area contributed by atoms with Crippen molar-refractivity contribution in [3.8, 4) is 0 Å². The van der Waals surface area contributed by atoms with Gasteiger partial charge in [-0.15, -0.1) is 0 Å². The summed E-state index contributed by atoms with van der Waals surface area (Å²) in [4.78, 5) is 2.50. The van der Waals surface area contributed by atoms with Gasteiger partial charge in [-0.1, -0.05) is 32.3 Å². The largest absolute Gasteiger partial charge is 0.397 e. The van der Waals surface area contributed by atoms with Gasteiger partial charge < -0.3 is 21.1 Å². The van der Waals surface area contributed by atoms with E-state index in [4.69, 9.17) is 10.5 Å². The fraction of sp³-hybridized carbons (Fsp3) is 0.810. The third-order valence-electron chi connectivity index (χ3n) is 6.34. The van der Waals surface area contributed by atoms with Crippen LogP contribution in [0.25, 0.3) is 0 Å². The number of piperidine rings is 1. The number of likely N-dealkylation sites (tertiary alicyclic amines) is 1. The minimum absolute atomic E-state index is 0.166. The zero-order valence-electron chi connectivity index (χ0n) is 17.3. The number of nitrogens with one attached hydrogen (secondary N) is 3. The Labute approximate surface area is 165 Å². The highest BCUT2D eigenvalue weighted by Crippen LogP contribution is 2.26. The molecule has 0 aromatic carbocycles. The zero-order chi connectivity index (χ0) is 19.2. The number of nitrogens with two attached hydrogens (primary N) is 1. The van der Waals surface area contributed by atoms with Gasteiger partial charge in [0.15, 0.2) is 0 Å². The first kappa shape index (κ1) is 20.6. The van der Waals surface area contributed by atoms with E-state index < -0.39 is 0 Å². The van der Waals surface area contributed by atoms with Gasteiger partial charge in [0.05, 0.1) is 18.0 Å². The van der Waals surface area contributed by atoms with Gasteiger partial charge in [-0.3, -0.25) is 10.2 Å². The van der Waals surface area contributed by atoms with Crippen molar-refractivity contribution in [2.45, 2.75) is 69.8 Å². The van der Waals surface area contributed by atoms with Crippen molar-refractivity contribution >= 4 is 0 Å². The van der Waals surface area contributed by atoms with Crippen LogP contribution in [0.5, 0.6) is 0 Å². The fourth-order valence-electron chi connectivity index (χ4n) is 4.86. The molecule has 6 nitrogen and oxygen atoms in total. The molecule has 0 aromatic rings. The molecule has 0 spiro atoms. The SMILES string of the molecule is CN/C=C(\N)C1=CC(C)CNC1N1CCC(NC2CCCCC2)C(OC)C1. The summed E-state index contributed by atoms with van der Waals surface area (Å²) in [5.41, 5.74) is 8.37. The van der Waals surface area contributed by atoms with Crippen LogP contribution in [0, 0.1) is 5.92 Å². The molecule has 2 aliphatic heterocycles. The van der Waals surface area contributed by atoms with E-state index in [2.05, 4.69) is 33.9 Å².